The van der Waals surface area contributed by atoms with Crippen molar-refractivity contribution in [2.75, 3.05) is 27.8 Å². The molecule has 0 aromatic heterocycles. The van der Waals surface area contributed by atoms with Gasteiger partial charge in [0.05, 0.1) is 12.2 Å². The van der Waals surface area contributed by atoms with Gasteiger partial charge >= 0.3 is 11.9 Å². The van der Waals surface area contributed by atoms with Crippen LogP contribution in [0.5, 0.6) is 0 Å². The number of carboxylic acids is 2. The Morgan fingerprint density at radius 1 is 0.661 bits per heavy atom. The summed E-state index contributed by atoms with van der Waals surface area (Å²) in [5, 5.41) is 18.4. The summed E-state index contributed by atoms with van der Waals surface area (Å²) in [5.41, 5.74) is 2.18. The maximum Gasteiger partial charge on any atom is 0.303 e. The van der Waals surface area contributed by atoms with Crippen LogP contribution in [0, 0.1) is 86.8 Å². The molecule has 2 N–H and O–H groups in total. The number of rotatable bonds is 14. The van der Waals surface area contributed by atoms with E-state index in [1.54, 1.807) is 14.2 Å². The zero-order valence-electron chi connectivity index (χ0n) is 39.6. The second kappa shape index (κ2) is 19.0. The van der Waals surface area contributed by atoms with Crippen LogP contribution in [0.3, 0.4) is 0 Å². The van der Waals surface area contributed by atoms with Crippen LogP contribution >= 0.6 is 0 Å². The summed E-state index contributed by atoms with van der Waals surface area (Å²) in [7, 11) is 3.36. The largest absolute Gasteiger partial charge is 0.481 e. The summed E-state index contributed by atoms with van der Waals surface area (Å²) in [6.07, 6.45) is 20.0. The van der Waals surface area contributed by atoms with Gasteiger partial charge in [0.1, 0.15) is 19.4 Å². The Morgan fingerprint density at radius 3 is 1.73 bits per heavy atom. The average molecular weight is 867 g/mol. The summed E-state index contributed by atoms with van der Waals surface area (Å²) in [6, 6.07) is 0. The van der Waals surface area contributed by atoms with Gasteiger partial charge in [0, 0.05) is 46.3 Å². The zero-order valence-corrected chi connectivity index (χ0v) is 39.6. The Hall–Kier alpha value is -2.14. The lowest BCUT2D eigenvalue weighted by Crippen LogP contribution is -2.59. The van der Waals surface area contributed by atoms with Crippen LogP contribution in [0.15, 0.2) is 11.6 Å². The minimum absolute atomic E-state index is 0.105. The molecular weight excluding hydrogens is 785 g/mol. The van der Waals surface area contributed by atoms with Crippen molar-refractivity contribution in [3.63, 3.8) is 0 Å². The van der Waals surface area contributed by atoms with E-state index in [4.69, 9.17) is 18.9 Å². The quantitative estimate of drug-likeness (QED) is 0.162. The van der Waals surface area contributed by atoms with E-state index in [1.807, 2.05) is 6.08 Å². The monoisotopic (exact) mass is 867 g/mol. The van der Waals surface area contributed by atoms with Gasteiger partial charge < -0.3 is 29.2 Å². The molecule has 10 heteroatoms. The van der Waals surface area contributed by atoms with E-state index < -0.39 is 11.9 Å². The highest BCUT2D eigenvalue weighted by molar-refractivity contribution is 5.91. The Labute approximate surface area is 372 Å². The molecule has 8 rings (SSSR count). The zero-order chi connectivity index (χ0) is 44.8. The number of hydrogen-bond donors (Lipinski definition) is 2. The van der Waals surface area contributed by atoms with Crippen molar-refractivity contribution < 1.29 is 48.3 Å². The standard InChI is InChI=1S/C26H42O5.C26H40O5/c2*1-16(5-8-23(28)29)19-6-7-20-24-21(10-12-26(19,20)3)25(2)11-9-18(27)13-17(25)14-22(24)31-15-30-4/h16-17,19-22,24H,5-15H2,1-4H3,(H,28,29);13,16,19-22,24H,5-12,14-15H2,1-4H3,(H,28,29)/t16-,17+,19-,20+,21+,22-,24+,25+,26-;16-,19-,20+,21+,22-,24+,25+,26-/m11/s1. The van der Waals surface area contributed by atoms with E-state index in [9.17, 15) is 29.4 Å². The van der Waals surface area contributed by atoms with Crippen molar-refractivity contribution >= 4 is 23.5 Å². The Balaban J connectivity index is 0.000000186. The van der Waals surface area contributed by atoms with Gasteiger partial charge in [-0.05, 0) is 183 Å². The van der Waals surface area contributed by atoms with Crippen LogP contribution in [0.25, 0.3) is 0 Å². The fourth-order valence-corrected chi connectivity index (χ4v) is 17.2. The summed E-state index contributed by atoms with van der Waals surface area (Å²) in [6.45, 7) is 15.0. The van der Waals surface area contributed by atoms with Crippen molar-refractivity contribution in [1.82, 2.24) is 0 Å². The summed E-state index contributed by atoms with van der Waals surface area (Å²) in [4.78, 5) is 46.8. The topological polar surface area (TPSA) is 146 Å². The summed E-state index contributed by atoms with van der Waals surface area (Å²) >= 11 is 0. The molecule has 0 heterocycles. The van der Waals surface area contributed by atoms with Gasteiger partial charge in [0.2, 0.25) is 0 Å². The van der Waals surface area contributed by atoms with Crippen LogP contribution < -0.4 is 0 Å². The molecule has 0 aromatic carbocycles. The van der Waals surface area contributed by atoms with Gasteiger partial charge in [-0.2, -0.15) is 0 Å². The lowest BCUT2D eigenvalue weighted by atomic mass is 9.43. The highest BCUT2D eigenvalue weighted by atomic mass is 16.7. The second-order valence-corrected chi connectivity index (χ2v) is 23.0. The Bertz CT molecular complexity index is 1680. The van der Waals surface area contributed by atoms with Crippen LogP contribution in [-0.2, 0) is 38.1 Å². The van der Waals surface area contributed by atoms with Crippen molar-refractivity contribution in [3.8, 4) is 0 Å². The molecule has 8 aliphatic carbocycles. The Kier molecular flexibility index (Phi) is 14.6. The number of carbonyl (C=O) groups excluding carboxylic acids is 2. The number of fused-ring (bicyclic) bond motifs is 10. The average Bonchev–Trinajstić information content (AvgIpc) is 3.78. The summed E-state index contributed by atoms with van der Waals surface area (Å²) in [5.74, 6) is 5.24. The fraction of sp³-hybridized carbons (Fsp3) is 0.885. The van der Waals surface area contributed by atoms with E-state index in [2.05, 4.69) is 41.5 Å². The molecular formula is C52H82O10. The minimum Gasteiger partial charge on any atom is -0.481 e. The van der Waals surface area contributed by atoms with Gasteiger partial charge in [-0.3, -0.25) is 19.2 Å². The Morgan fingerprint density at radius 2 is 1.18 bits per heavy atom. The fourth-order valence-electron chi connectivity index (χ4n) is 17.2. The van der Waals surface area contributed by atoms with Crippen LogP contribution in [0.1, 0.15) is 164 Å². The molecule has 0 saturated heterocycles. The number of ether oxygens (including phenoxy) is 4. The third-order valence-corrected chi connectivity index (χ3v) is 20.4. The lowest BCUT2D eigenvalue weighted by Gasteiger charge is -2.62. The molecule has 7 fully saturated rings. The first-order valence-corrected chi connectivity index (χ1v) is 24.8. The predicted octanol–water partition coefficient (Wildman–Crippen LogP) is 10.5. The van der Waals surface area contributed by atoms with Crippen LogP contribution in [0.4, 0.5) is 0 Å². The number of hydrogen-bond acceptors (Lipinski definition) is 8. The van der Waals surface area contributed by atoms with Crippen LogP contribution in [0.2, 0.25) is 0 Å². The van der Waals surface area contributed by atoms with E-state index in [0.29, 0.717) is 90.9 Å². The van der Waals surface area contributed by atoms with Gasteiger partial charge in [-0.25, -0.2) is 0 Å². The molecule has 0 bridgehead atoms. The van der Waals surface area contributed by atoms with Gasteiger partial charge in [0.15, 0.2) is 5.78 Å². The van der Waals surface area contributed by atoms with Crippen molar-refractivity contribution in [1.29, 1.82) is 0 Å². The van der Waals surface area contributed by atoms with Crippen molar-refractivity contribution in [2.24, 2.45) is 86.8 Å². The first-order valence-electron chi connectivity index (χ1n) is 24.8. The summed E-state index contributed by atoms with van der Waals surface area (Å²) < 4.78 is 23.3. The number of methoxy groups -OCH3 is 2. The molecule has 0 radical (unpaired) electrons. The number of Topliss-reactive ketones (excluding diaryl/α,β-unsaturated/α-hetero) is 1. The molecule has 7 saturated carbocycles. The van der Waals surface area contributed by atoms with Gasteiger partial charge in [-0.1, -0.05) is 47.1 Å². The van der Waals surface area contributed by atoms with Gasteiger partial charge in [-0.15, -0.1) is 0 Å². The number of aliphatic carboxylic acids is 2. The molecule has 10 nitrogen and oxygen atoms in total. The third-order valence-electron chi connectivity index (χ3n) is 20.4. The predicted molar refractivity (Wildman–Crippen MR) is 237 cm³/mol. The number of carboxylic acid groups (broad SMARTS) is 2. The van der Waals surface area contributed by atoms with Gasteiger partial charge in [0.25, 0.3) is 0 Å². The first-order chi connectivity index (χ1) is 29.4. The molecule has 0 unspecified atom stereocenters. The van der Waals surface area contributed by atoms with Crippen LogP contribution in [-0.4, -0.2) is 73.7 Å². The maximum atomic E-state index is 12.3. The molecule has 0 aliphatic heterocycles. The van der Waals surface area contributed by atoms with Crippen molar-refractivity contribution in [2.45, 2.75) is 176 Å². The minimum atomic E-state index is -0.686. The molecule has 62 heavy (non-hydrogen) atoms. The maximum absolute atomic E-state index is 12.3. The number of carbonyl (C=O) groups is 4. The van der Waals surface area contributed by atoms with E-state index in [-0.39, 0.29) is 52.5 Å². The highest BCUT2D eigenvalue weighted by Crippen LogP contribution is 2.70. The molecule has 350 valence electrons. The lowest BCUT2D eigenvalue weighted by molar-refractivity contribution is -0.201. The van der Waals surface area contributed by atoms with E-state index in [0.717, 1.165) is 51.4 Å². The van der Waals surface area contributed by atoms with Crippen molar-refractivity contribution in [3.05, 3.63) is 11.6 Å². The first kappa shape index (κ1) is 47.8. The molecule has 17 atom stereocenters. The molecule has 0 aromatic rings. The molecule has 8 aliphatic rings. The SMILES string of the molecule is COCO[C@@H]1CC2=CC(=O)CC[C@]2(C)[C@H]2CC[C@]3(C)[C@@H]([C@H](C)CCC(=O)O)CC[C@H]3[C@H]12.COCO[C@@H]1C[C@@H]2CC(=O)CC[C@]2(C)[C@H]2CC[C@]3(C)[C@@H]([C@H](C)CCC(=O)O)CC[C@H]3[C@H]12. The normalized spacial score (nSPS) is 44.2. The van der Waals surface area contributed by atoms with E-state index >= 15 is 0 Å². The third kappa shape index (κ3) is 8.79. The molecule has 0 amide bonds. The number of ketones is 2. The molecule has 0 spiro atoms. The smallest absolute Gasteiger partial charge is 0.303 e. The van der Waals surface area contributed by atoms with E-state index in [1.165, 1.54) is 56.9 Å². The highest BCUT2D eigenvalue weighted by Gasteiger charge is 2.64. The second-order valence-electron chi connectivity index (χ2n) is 23.0.